The molecule has 23 heavy (non-hydrogen) atoms. The Balaban J connectivity index is 1.86. The third kappa shape index (κ3) is 3.80. The minimum Gasteiger partial charge on any atom is -0.442 e. The van der Waals surface area contributed by atoms with Gasteiger partial charge in [0.2, 0.25) is 0 Å². The van der Waals surface area contributed by atoms with Gasteiger partial charge < -0.3 is 9.15 Å². The Labute approximate surface area is 140 Å². The van der Waals surface area contributed by atoms with Gasteiger partial charge in [-0.2, -0.15) is 5.10 Å². The zero-order chi connectivity index (χ0) is 16.4. The number of fused-ring (bicyclic) bond motifs is 1. The van der Waals surface area contributed by atoms with Crippen LogP contribution in [0.2, 0.25) is 30.8 Å². The van der Waals surface area contributed by atoms with Crippen molar-refractivity contribution in [1.29, 1.82) is 0 Å². The molecule has 0 radical (unpaired) electrons. The Morgan fingerprint density at radius 1 is 1.30 bits per heavy atom. The molecule has 0 atom stereocenters. The van der Waals surface area contributed by atoms with E-state index in [0.29, 0.717) is 28.9 Å². The molecule has 3 rings (SSSR count). The van der Waals surface area contributed by atoms with Crippen LogP contribution in [0, 0.1) is 0 Å². The van der Waals surface area contributed by atoms with Gasteiger partial charge in [-0.15, -0.1) is 0 Å². The second kappa shape index (κ2) is 6.43. The molecule has 0 aromatic carbocycles. The van der Waals surface area contributed by atoms with E-state index in [9.17, 15) is 0 Å². The SMILES string of the molecule is C[Si](C)(C)CCOCn1nc(-c2cnco2)c2nc(Cl)ccc21. The van der Waals surface area contributed by atoms with Crippen molar-refractivity contribution in [2.45, 2.75) is 32.4 Å². The second-order valence-electron chi connectivity index (χ2n) is 6.56. The van der Waals surface area contributed by atoms with E-state index < -0.39 is 8.07 Å². The summed E-state index contributed by atoms with van der Waals surface area (Å²) in [5.74, 6) is 0.561. The van der Waals surface area contributed by atoms with Crippen LogP contribution < -0.4 is 0 Å². The summed E-state index contributed by atoms with van der Waals surface area (Å²) in [6, 6.07) is 4.75. The minimum absolute atomic E-state index is 0.373. The van der Waals surface area contributed by atoms with E-state index in [0.717, 1.165) is 18.2 Å². The predicted octanol–water partition coefficient (Wildman–Crippen LogP) is 4.05. The second-order valence-corrected chi connectivity index (χ2v) is 12.6. The van der Waals surface area contributed by atoms with Gasteiger partial charge in [-0.1, -0.05) is 31.2 Å². The number of halogens is 1. The van der Waals surface area contributed by atoms with Crippen LogP contribution in [0.1, 0.15) is 0 Å². The topological polar surface area (TPSA) is 66.0 Å². The largest absolute Gasteiger partial charge is 0.442 e. The van der Waals surface area contributed by atoms with E-state index in [1.54, 1.807) is 16.9 Å². The van der Waals surface area contributed by atoms with Crippen LogP contribution in [0.25, 0.3) is 22.5 Å². The summed E-state index contributed by atoms with van der Waals surface area (Å²) in [6.07, 6.45) is 2.98. The van der Waals surface area contributed by atoms with Gasteiger partial charge in [0.25, 0.3) is 0 Å². The number of ether oxygens (including phenoxy) is 1. The van der Waals surface area contributed by atoms with Gasteiger partial charge in [0, 0.05) is 14.7 Å². The Hall–Kier alpha value is -1.70. The van der Waals surface area contributed by atoms with Crippen LogP contribution in [0.5, 0.6) is 0 Å². The average molecular weight is 351 g/mol. The summed E-state index contributed by atoms with van der Waals surface area (Å²) in [6.45, 7) is 8.09. The third-order valence-corrected chi connectivity index (χ3v) is 5.35. The molecule has 3 aromatic heterocycles. The zero-order valence-electron chi connectivity index (χ0n) is 13.4. The summed E-state index contributed by atoms with van der Waals surface area (Å²) in [5, 5.41) is 4.97. The molecule has 0 aliphatic carbocycles. The van der Waals surface area contributed by atoms with Crippen molar-refractivity contribution in [1.82, 2.24) is 19.7 Å². The molecular formula is C15H19ClN4O2Si. The average Bonchev–Trinajstić information content (AvgIpc) is 3.09. The van der Waals surface area contributed by atoms with Crippen molar-refractivity contribution < 1.29 is 9.15 Å². The van der Waals surface area contributed by atoms with Crippen molar-refractivity contribution in [3.8, 4) is 11.5 Å². The van der Waals surface area contributed by atoms with Gasteiger partial charge in [-0.25, -0.2) is 14.6 Å². The molecule has 0 bridgehead atoms. The van der Waals surface area contributed by atoms with Gasteiger partial charge in [0.1, 0.15) is 17.4 Å². The number of rotatable bonds is 6. The van der Waals surface area contributed by atoms with Crippen LogP contribution in [0.4, 0.5) is 0 Å². The first-order chi connectivity index (χ1) is 10.9. The van der Waals surface area contributed by atoms with Crippen LogP contribution in [-0.2, 0) is 11.5 Å². The van der Waals surface area contributed by atoms with Crippen molar-refractivity contribution in [2.75, 3.05) is 6.61 Å². The lowest BCUT2D eigenvalue weighted by molar-refractivity contribution is 0.0818. The van der Waals surface area contributed by atoms with Gasteiger partial charge >= 0.3 is 0 Å². The fourth-order valence-electron chi connectivity index (χ4n) is 2.16. The van der Waals surface area contributed by atoms with Crippen LogP contribution in [0.15, 0.2) is 29.1 Å². The van der Waals surface area contributed by atoms with Gasteiger partial charge in [-0.05, 0) is 18.2 Å². The highest BCUT2D eigenvalue weighted by molar-refractivity contribution is 6.76. The van der Waals surface area contributed by atoms with Crippen LogP contribution >= 0.6 is 11.6 Å². The van der Waals surface area contributed by atoms with E-state index in [2.05, 4.69) is 34.7 Å². The number of hydrogen-bond acceptors (Lipinski definition) is 5. The Morgan fingerprint density at radius 2 is 2.13 bits per heavy atom. The summed E-state index contributed by atoms with van der Waals surface area (Å²) in [4.78, 5) is 8.30. The molecule has 122 valence electrons. The molecule has 0 unspecified atom stereocenters. The highest BCUT2D eigenvalue weighted by Gasteiger charge is 2.17. The maximum absolute atomic E-state index is 6.02. The lowest BCUT2D eigenvalue weighted by Crippen LogP contribution is -2.22. The number of nitrogens with zero attached hydrogens (tertiary/aromatic N) is 4. The highest BCUT2D eigenvalue weighted by Crippen LogP contribution is 2.27. The third-order valence-electron chi connectivity index (χ3n) is 3.44. The van der Waals surface area contributed by atoms with E-state index in [-0.39, 0.29) is 0 Å². The maximum atomic E-state index is 6.02. The van der Waals surface area contributed by atoms with Crippen molar-refractivity contribution in [3.05, 3.63) is 29.9 Å². The first kappa shape index (κ1) is 16.2. The Bertz CT molecular complexity index is 796. The molecule has 3 aromatic rings. The van der Waals surface area contributed by atoms with E-state index in [1.165, 1.54) is 6.39 Å². The lowest BCUT2D eigenvalue weighted by Gasteiger charge is -2.15. The van der Waals surface area contributed by atoms with Crippen molar-refractivity contribution in [3.63, 3.8) is 0 Å². The first-order valence-corrected chi connectivity index (χ1v) is 11.5. The molecule has 6 nitrogen and oxygen atoms in total. The molecule has 0 saturated heterocycles. The molecular weight excluding hydrogens is 332 g/mol. The van der Waals surface area contributed by atoms with Crippen molar-refractivity contribution in [2.24, 2.45) is 0 Å². The molecule has 0 spiro atoms. The number of aromatic nitrogens is 4. The molecule has 0 aliphatic rings. The standard InChI is InChI=1S/C15H19ClN4O2Si/c1-23(2,3)7-6-21-10-20-11-4-5-13(16)18-14(11)15(19-20)12-8-17-9-22-12/h4-5,8-9H,6-7,10H2,1-3H3. The molecule has 0 saturated carbocycles. The van der Waals surface area contributed by atoms with Gasteiger partial charge in [0.15, 0.2) is 17.8 Å². The first-order valence-electron chi connectivity index (χ1n) is 7.44. The van der Waals surface area contributed by atoms with E-state index in [1.807, 2.05) is 6.07 Å². The predicted molar refractivity (Wildman–Crippen MR) is 92.1 cm³/mol. The van der Waals surface area contributed by atoms with E-state index in [4.69, 9.17) is 20.8 Å². The molecule has 8 heteroatoms. The number of pyridine rings is 1. The van der Waals surface area contributed by atoms with Gasteiger partial charge in [0.05, 0.1) is 11.7 Å². The fraction of sp³-hybridized carbons (Fsp3) is 0.400. The summed E-state index contributed by atoms with van der Waals surface area (Å²) in [7, 11) is -1.10. The van der Waals surface area contributed by atoms with Crippen LogP contribution in [-0.4, -0.2) is 34.4 Å². The molecule has 0 aliphatic heterocycles. The summed E-state index contributed by atoms with van der Waals surface area (Å²) in [5.41, 5.74) is 2.16. The van der Waals surface area contributed by atoms with E-state index >= 15 is 0 Å². The molecule has 0 fully saturated rings. The highest BCUT2D eigenvalue weighted by atomic mass is 35.5. The smallest absolute Gasteiger partial charge is 0.181 e. The Morgan fingerprint density at radius 3 is 2.83 bits per heavy atom. The molecule has 0 amide bonds. The number of oxazole rings is 1. The summed E-state index contributed by atoms with van der Waals surface area (Å²) >= 11 is 6.02. The maximum Gasteiger partial charge on any atom is 0.181 e. The van der Waals surface area contributed by atoms with Crippen LogP contribution in [0.3, 0.4) is 0 Å². The lowest BCUT2D eigenvalue weighted by atomic mass is 10.3. The van der Waals surface area contributed by atoms with Gasteiger partial charge in [-0.3, -0.25) is 0 Å². The zero-order valence-corrected chi connectivity index (χ0v) is 15.2. The quantitative estimate of drug-likeness (QED) is 0.381. The Kier molecular flexibility index (Phi) is 4.52. The normalized spacial score (nSPS) is 12.2. The molecule has 0 N–H and O–H groups in total. The number of hydrogen-bond donors (Lipinski definition) is 0. The molecule has 3 heterocycles. The van der Waals surface area contributed by atoms with Crippen molar-refractivity contribution >= 4 is 30.7 Å². The minimum atomic E-state index is -1.10. The summed E-state index contributed by atoms with van der Waals surface area (Å²) < 4.78 is 12.9. The monoisotopic (exact) mass is 350 g/mol. The fourth-order valence-corrected chi connectivity index (χ4v) is 3.06.